The fourth-order valence-corrected chi connectivity index (χ4v) is 4.83. The van der Waals surface area contributed by atoms with Crippen LogP contribution in [0.3, 0.4) is 0 Å². The summed E-state index contributed by atoms with van der Waals surface area (Å²) >= 11 is 1.17. The summed E-state index contributed by atoms with van der Waals surface area (Å²) in [5.74, 6) is 0.586. The van der Waals surface area contributed by atoms with Crippen LogP contribution in [0.15, 0.2) is 12.3 Å². The van der Waals surface area contributed by atoms with Gasteiger partial charge < -0.3 is 14.8 Å². The molecule has 4 heterocycles. The molecule has 2 atom stereocenters. The highest BCUT2D eigenvalue weighted by Gasteiger charge is 2.48. The van der Waals surface area contributed by atoms with Crippen molar-refractivity contribution in [3.05, 3.63) is 28.7 Å². The number of rotatable bonds is 4. The molecule has 0 aliphatic carbocycles. The smallest absolute Gasteiger partial charge is 0.230 e. The maximum absolute atomic E-state index is 14.2. The maximum atomic E-state index is 14.2. The second kappa shape index (κ2) is 6.72. The van der Waals surface area contributed by atoms with E-state index in [4.69, 9.17) is 9.47 Å². The fourth-order valence-electron chi connectivity index (χ4n) is 3.91. The van der Waals surface area contributed by atoms with Crippen LogP contribution in [0.2, 0.25) is 0 Å². The lowest BCUT2D eigenvalue weighted by molar-refractivity contribution is -0.114. The van der Waals surface area contributed by atoms with Crippen molar-refractivity contribution in [1.82, 2.24) is 14.9 Å². The molecule has 0 radical (unpaired) electrons. The Balaban J connectivity index is 1.48. The van der Waals surface area contributed by atoms with E-state index in [0.717, 1.165) is 24.2 Å². The van der Waals surface area contributed by atoms with Crippen LogP contribution >= 0.6 is 11.3 Å². The van der Waals surface area contributed by atoms with Gasteiger partial charge in [-0.25, -0.2) is 4.98 Å². The number of halogens is 1. The van der Waals surface area contributed by atoms with Crippen LogP contribution < -0.4 is 14.8 Å². The highest BCUT2D eigenvalue weighted by atomic mass is 32.1. The number of amides is 1. The predicted octanol–water partition coefficient (Wildman–Crippen LogP) is 2.61. The lowest BCUT2D eigenvalue weighted by atomic mass is 9.95. The maximum Gasteiger partial charge on any atom is 0.230 e. The molecule has 0 saturated carbocycles. The summed E-state index contributed by atoms with van der Waals surface area (Å²) in [6.45, 7) is 4.63. The van der Waals surface area contributed by atoms with Crippen LogP contribution in [0.5, 0.6) is 11.6 Å². The second-order valence-corrected chi connectivity index (χ2v) is 8.25. The van der Waals surface area contributed by atoms with E-state index in [-0.39, 0.29) is 17.6 Å². The molecule has 2 aromatic rings. The minimum atomic E-state index is -0.526. The first-order valence-corrected chi connectivity index (χ1v) is 9.58. The molecule has 1 spiro atoms. The van der Waals surface area contributed by atoms with E-state index in [1.807, 2.05) is 6.07 Å². The van der Waals surface area contributed by atoms with E-state index in [1.54, 1.807) is 13.3 Å². The number of aromatic nitrogens is 2. The molecule has 2 aliphatic heterocycles. The number of hydrogen-bond donors (Lipinski definition) is 1. The van der Waals surface area contributed by atoms with Gasteiger partial charge in [0, 0.05) is 50.5 Å². The highest BCUT2D eigenvalue weighted by Crippen LogP contribution is 2.43. The Bertz CT molecular complexity index is 889. The standard InChI is InChI=1S/C18H21FN4O3S/c1-10-5-18(6-12-4-15(25-3)20-7-13(12)26-18)9-23(10)8-14-16(19)22-17(27-14)21-11(2)24/h4,7,10H,5-6,8-9H2,1-3H3,(H,21,22,24)/t10-,18-/m0/s1. The van der Waals surface area contributed by atoms with Gasteiger partial charge in [0.2, 0.25) is 17.7 Å². The normalized spacial score (nSPS) is 24.1. The van der Waals surface area contributed by atoms with Gasteiger partial charge in [-0.1, -0.05) is 11.3 Å². The van der Waals surface area contributed by atoms with Gasteiger partial charge in [0.05, 0.1) is 18.2 Å². The summed E-state index contributed by atoms with van der Waals surface area (Å²) < 4.78 is 25.6. The molecule has 1 amide bonds. The van der Waals surface area contributed by atoms with Gasteiger partial charge in [-0.15, -0.1) is 0 Å². The number of fused-ring (bicyclic) bond motifs is 1. The lowest BCUT2D eigenvalue weighted by Crippen LogP contribution is -2.37. The molecule has 9 heteroatoms. The number of nitrogens with one attached hydrogen (secondary N) is 1. The monoisotopic (exact) mass is 392 g/mol. The molecule has 2 aliphatic rings. The summed E-state index contributed by atoms with van der Waals surface area (Å²) in [5.41, 5.74) is 0.769. The van der Waals surface area contributed by atoms with Gasteiger partial charge in [-0.05, 0) is 6.92 Å². The Morgan fingerprint density at radius 3 is 3.15 bits per heavy atom. The first-order valence-electron chi connectivity index (χ1n) is 8.76. The topological polar surface area (TPSA) is 76.6 Å². The zero-order valence-corrected chi connectivity index (χ0v) is 16.2. The molecule has 144 valence electrons. The molecular weight excluding hydrogens is 371 g/mol. The van der Waals surface area contributed by atoms with Crippen molar-refractivity contribution >= 4 is 22.4 Å². The van der Waals surface area contributed by atoms with Gasteiger partial charge in [0.1, 0.15) is 11.4 Å². The second-order valence-electron chi connectivity index (χ2n) is 7.17. The zero-order valence-electron chi connectivity index (χ0n) is 15.4. The molecule has 2 aromatic heterocycles. The van der Waals surface area contributed by atoms with E-state index >= 15 is 0 Å². The third-order valence-corrected chi connectivity index (χ3v) is 5.96. The van der Waals surface area contributed by atoms with Gasteiger partial charge in [-0.3, -0.25) is 9.69 Å². The van der Waals surface area contributed by atoms with E-state index in [1.165, 1.54) is 18.3 Å². The van der Waals surface area contributed by atoms with E-state index in [9.17, 15) is 9.18 Å². The number of anilines is 1. The molecular formula is C18H21FN4O3S. The number of ether oxygens (including phenoxy) is 2. The number of hydrogen-bond acceptors (Lipinski definition) is 7. The van der Waals surface area contributed by atoms with Gasteiger partial charge in [0.15, 0.2) is 5.13 Å². The quantitative estimate of drug-likeness (QED) is 0.862. The van der Waals surface area contributed by atoms with Gasteiger partial charge in [-0.2, -0.15) is 9.37 Å². The van der Waals surface area contributed by atoms with E-state index in [2.05, 4.69) is 27.1 Å². The van der Waals surface area contributed by atoms with Crippen molar-refractivity contribution in [1.29, 1.82) is 0 Å². The van der Waals surface area contributed by atoms with Gasteiger partial charge >= 0.3 is 0 Å². The minimum Gasteiger partial charge on any atom is -0.484 e. The molecule has 1 fully saturated rings. The first kappa shape index (κ1) is 18.1. The molecule has 1 N–H and O–H groups in total. The van der Waals surface area contributed by atoms with Crippen molar-refractivity contribution in [2.75, 3.05) is 19.0 Å². The van der Waals surface area contributed by atoms with Crippen molar-refractivity contribution in [3.8, 4) is 11.6 Å². The first-order chi connectivity index (χ1) is 12.9. The van der Waals surface area contributed by atoms with Crippen molar-refractivity contribution < 1.29 is 18.7 Å². The molecule has 4 rings (SSSR count). The zero-order chi connectivity index (χ0) is 19.2. The fraction of sp³-hybridized carbons (Fsp3) is 0.500. The average molecular weight is 392 g/mol. The number of carbonyl (C=O) groups is 1. The van der Waals surface area contributed by atoms with Crippen molar-refractivity contribution in [3.63, 3.8) is 0 Å². The molecule has 0 unspecified atom stereocenters. The van der Waals surface area contributed by atoms with Crippen LogP contribution in [0.1, 0.15) is 30.7 Å². The average Bonchev–Trinajstić information content (AvgIpc) is 3.22. The molecule has 7 nitrogen and oxygen atoms in total. The van der Waals surface area contributed by atoms with Crippen LogP contribution in [-0.4, -0.2) is 46.1 Å². The lowest BCUT2D eigenvalue weighted by Gasteiger charge is -2.23. The van der Waals surface area contributed by atoms with Gasteiger partial charge in [0.25, 0.3) is 0 Å². The van der Waals surface area contributed by atoms with Crippen LogP contribution in [-0.2, 0) is 17.8 Å². The molecule has 0 aromatic carbocycles. The van der Waals surface area contributed by atoms with Crippen molar-refractivity contribution in [2.45, 2.75) is 44.9 Å². The minimum absolute atomic E-state index is 0.236. The Morgan fingerprint density at radius 2 is 2.41 bits per heavy atom. The summed E-state index contributed by atoms with van der Waals surface area (Å²) in [5, 5.41) is 2.83. The summed E-state index contributed by atoms with van der Waals surface area (Å²) in [6.07, 6.45) is 3.34. The molecule has 27 heavy (non-hydrogen) atoms. The predicted molar refractivity (Wildman–Crippen MR) is 98.7 cm³/mol. The summed E-state index contributed by atoms with van der Waals surface area (Å²) in [7, 11) is 1.60. The Hall–Kier alpha value is -2.26. The van der Waals surface area contributed by atoms with Crippen LogP contribution in [0.25, 0.3) is 0 Å². The summed E-state index contributed by atoms with van der Waals surface area (Å²) in [4.78, 5) is 21.9. The number of nitrogens with zero attached hydrogens (tertiary/aromatic N) is 3. The van der Waals surface area contributed by atoms with Crippen LogP contribution in [0.4, 0.5) is 9.52 Å². The van der Waals surface area contributed by atoms with Crippen molar-refractivity contribution in [2.24, 2.45) is 0 Å². The number of carbonyl (C=O) groups excluding carboxylic acids is 1. The SMILES string of the molecule is COc1cc2c(cn1)O[C@]1(C2)C[C@H](C)N(Cc2sc(NC(C)=O)nc2F)C1. The number of likely N-dealkylation sites (tertiary alicyclic amines) is 1. The Morgan fingerprint density at radius 1 is 1.59 bits per heavy atom. The highest BCUT2D eigenvalue weighted by molar-refractivity contribution is 7.15. The number of methoxy groups -OCH3 is 1. The Kier molecular flexibility index (Phi) is 4.51. The number of thiazole rings is 1. The van der Waals surface area contributed by atoms with E-state index < -0.39 is 5.95 Å². The van der Waals surface area contributed by atoms with E-state index in [0.29, 0.717) is 29.0 Å². The molecule has 0 bridgehead atoms. The largest absolute Gasteiger partial charge is 0.484 e. The number of pyridine rings is 1. The van der Waals surface area contributed by atoms with Crippen LogP contribution in [0, 0.1) is 5.95 Å². The molecule has 1 saturated heterocycles. The summed E-state index contributed by atoms with van der Waals surface area (Å²) in [6, 6.07) is 2.15. The third-order valence-electron chi connectivity index (χ3n) is 5.03. The Labute approximate surface area is 160 Å². The third kappa shape index (κ3) is 3.49.